The van der Waals surface area contributed by atoms with E-state index in [4.69, 9.17) is 0 Å². The number of hydrogen-bond donors (Lipinski definition) is 1. The summed E-state index contributed by atoms with van der Waals surface area (Å²) >= 11 is 2.05. The lowest BCUT2D eigenvalue weighted by molar-refractivity contribution is 0.672. The zero-order valence-corrected chi connectivity index (χ0v) is 6.29. The molecule has 0 spiro atoms. The first-order valence-corrected chi connectivity index (χ1v) is 4.16. The third-order valence-corrected chi connectivity index (χ3v) is 2.86. The van der Waals surface area contributed by atoms with Gasteiger partial charge in [0.1, 0.15) is 0 Å². The standard InChI is InChI=1S/C6H13NS/c1-3-6-7-4-5(2)8-6/h5-7H,3-4H2,1-2H3. The van der Waals surface area contributed by atoms with Gasteiger partial charge in [0.05, 0.1) is 5.37 Å². The fourth-order valence-electron chi connectivity index (χ4n) is 0.915. The number of rotatable bonds is 1. The second-order valence-electron chi connectivity index (χ2n) is 2.25. The van der Waals surface area contributed by atoms with Gasteiger partial charge >= 0.3 is 0 Å². The Balaban J connectivity index is 2.22. The van der Waals surface area contributed by atoms with Crippen LogP contribution in [0.15, 0.2) is 0 Å². The summed E-state index contributed by atoms with van der Waals surface area (Å²) in [4.78, 5) is 0. The van der Waals surface area contributed by atoms with Gasteiger partial charge in [-0.3, -0.25) is 0 Å². The minimum absolute atomic E-state index is 0.741. The maximum atomic E-state index is 3.42. The minimum atomic E-state index is 0.741. The summed E-state index contributed by atoms with van der Waals surface area (Å²) < 4.78 is 0. The predicted octanol–water partition coefficient (Wildman–Crippen LogP) is 1.45. The highest BCUT2D eigenvalue weighted by Gasteiger charge is 2.18. The molecule has 0 aromatic rings. The average Bonchev–Trinajstić information content (AvgIpc) is 2.14. The Morgan fingerprint density at radius 3 is 2.75 bits per heavy atom. The molecule has 1 aliphatic heterocycles. The molecule has 0 bridgehead atoms. The van der Waals surface area contributed by atoms with E-state index in [-0.39, 0.29) is 0 Å². The van der Waals surface area contributed by atoms with Crippen LogP contribution in [0.3, 0.4) is 0 Å². The van der Waals surface area contributed by atoms with Crippen LogP contribution >= 0.6 is 11.8 Å². The van der Waals surface area contributed by atoms with Crippen molar-refractivity contribution in [3.63, 3.8) is 0 Å². The van der Waals surface area contributed by atoms with E-state index in [9.17, 15) is 0 Å². The van der Waals surface area contributed by atoms with E-state index in [0.29, 0.717) is 0 Å². The topological polar surface area (TPSA) is 12.0 Å². The van der Waals surface area contributed by atoms with Crippen molar-refractivity contribution in [2.75, 3.05) is 6.54 Å². The van der Waals surface area contributed by atoms with Gasteiger partial charge in [-0.05, 0) is 6.42 Å². The molecule has 2 atom stereocenters. The zero-order valence-electron chi connectivity index (χ0n) is 5.48. The second-order valence-corrected chi connectivity index (χ2v) is 3.90. The average molecular weight is 131 g/mol. The molecule has 0 aromatic heterocycles. The van der Waals surface area contributed by atoms with Crippen LogP contribution in [0.2, 0.25) is 0 Å². The van der Waals surface area contributed by atoms with E-state index in [0.717, 1.165) is 10.6 Å². The molecule has 1 saturated heterocycles. The third-order valence-electron chi connectivity index (χ3n) is 1.40. The molecule has 8 heavy (non-hydrogen) atoms. The lowest BCUT2D eigenvalue weighted by Crippen LogP contribution is -2.18. The Morgan fingerprint density at radius 2 is 2.50 bits per heavy atom. The van der Waals surface area contributed by atoms with Gasteiger partial charge in [0.25, 0.3) is 0 Å². The molecule has 2 heteroatoms. The molecule has 1 aliphatic rings. The monoisotopic (exact) mass is 131 g/mol. The highest BCUT2D eigenvalue weighted by molar-refractivity contribution is 8.00. The van der Waals surface area contributed by atoms with Crippen LogP contribution in [0.4, 0.5) is 0 Å². The van der Waals surface area contributed by atoms with Gasteiger partial charge in [-0.25, -0.2) is 0 Å². The number of thioether (sulfide) groups is 1. The van der Waals surface area contributed by atoms with Crippen LogP contribution in [0, 0.1) is 0 Å². The number of hydrogen-bond acceptors (Lipinski definition) is 2. The molecule has 1 N–H and O–H groups in total. The van der Waals surface area contributed by atoms with Crippen molar-refractivity contribution in [3.8, 4) is 0 Å². The van der Waals surface area contributed by atoms with Crippen molar-refractivity contribution in [1.82, 2.24) is 5.32 Å². The van der Waals surface area contributed by atoms with E-state index in [2.05, 4.69) is 30.9 Å². The highest BCUT2D eigenvalue weighted by Crippen LogP contribution is 2.23. The Bertz CT molecular complexity index is 74.9. The lowest BCUT2D eigenvalue weighted by Gasteiger charge is -2.02. The summed E-state index contributed by atoms with van der Waals surface area (Å²) in [5.41, 5.74) is 0. The van der Waals surface area contributed by atoms with Gasteiger partial charge in [-0.15, -0.1) is 11.8 Å². The van der Waals surface area contributed by atoms with Gasteiger partial charge in [-0.2, -0.15) is 0 Å². The van der Waals surface area contributed by atoms with Crippen LogP contribution in [-0.4, -0.2) is 17.2 Å². The van der Waals surface area contributed by atoms with E-state index >= 15 is 0 Å². The first kappa shape index (κ1) is 6.43. The van der Waals surface area contributed by atoms with Gasteiger partial charge < -0.3 is 5.32 Å². The molecule has 1 heterocycles. The van der Waals surface area contributed by atoms with Gasteiger partial charge in [0.2, 0.25) is 0 Å². The summed E-state index contributed by atoms with van der Waals surface area (Å²) in [5, 5.41) is 4.99. The van der Waals surface area contributed by atoms with Gasteiger partial charge in [0, 0.05) is 11.8 Å². The Labute approximate surface area is 55.2 Å². The second kappa shape index (κ2) is 2.74. The normalized spacial score (nSPS) is 38.2. The van der Waals surface area contributed by atoms with Gasteiger partial charge in [-0.1, -0.05) is 13.8 Å². The van der Waals surface area contributed by atoms with Crippen molar-refractivity contribution in [3.05, 3.63) is 0 Å². The summed E-state index contributed by atoms with van der Waals surface area (Å²) in [5.74, 6) is 0. The molecule has 0 aliphatic carbocycles. The fraction of sp³-hybridized carbons (Fsp3) is 1.00. The molecule has 0 radical (unpaired) electrons. The molecule has 2 unspecified atom stereocenters. The summed E-state index contributed by atoms with van der Waals surface area (Å²) in [7, 11) is 0. The van der Waals surface area contributed by atoms with Crippen molar-refractivity contribution in [2.45, 2.75) is 30.9 Å². The van der Waals surface area contributed by atoms with Crippen molar-refractivity contribution in [2.24, 2.45) is 0 Å². The van der Waals surface area contributed by atoms with Crippen LogP contribution in [0.25, 0.3) is 0 Å². The molecule has 0 amide bonds. The van der Waals surface area contributed by atoms with Crippen molar-refractivity contribution >= 4 is 11.8 Å². The Morgan fingerprint density at radius 1 is 1.75 bits per heavy atom. The molecular weight excluding hydrogens is 118 g/mol. The van der Waals surface area contributed by atoms with Crippen LogP contribution in [0.5, 0.6) is 0 Å². The van der Waals surface area contributed by atoms with Crippen molar-refractivity contribution in [1.29, 1.82) is 0 Å². The van der Waals surface area contributed by atoms with Crippen LogP contribution < -0.4 is 5.32 Å². The molecule has 1 nitrogen and oxygen atoms in total. The Kier molecular flexibility index (Phi) is 2.20. The fourth-order valence-corrected chi connectivity index (χ4v) is 2.05. The first-order chi connectivity index (χ1) is 3.83. The quantitative estimate of drug-likeness (QED) is 0.578. The van der Waals surface area contributed by atoms with E-state index < -0.39 is 0 Å². The van der Waals surface area contributed by atoms with E-state index in [1.54, 1.807) is 0 Å². The van der Waals surface area contributed by atoms with Gasteiger partial charge in [0.15, 0.2) is 0 Å². The maximum Gasteiger partial charge on any atom is 0.0533 e. The summed E-state index contributed by atoms with van der Waals surface area (Å²) in [6, 6.07) is 0. The minimum Gasteiger partial charge on any atom is -0.304 e. The number of nitrogens with one attached hydrogen (secondary N) is 1. The first-order valence-electron chi connectivity index (χ1n) is 3.21. The largest absolute Gasteiger partial charge is 0.304 e. The lowest BCUT2D eigenvalue weighted by atomic mass is 10.4. The predicted molar refractivity (Wildman–Crippen MR) is 39.1 cm³/mol. The molecule has 48 valence electrons. The van der Waals surface area contributed by atoms with E-state index in [1.165, 1.54) is 13.0 Å². The van der Waals surface area contributed by atoms with Crippen molar-refractivity contribution < 1.29 is 0 Å². The molecule has 0 aromatic carbocycles. The van der Waals surface area contributed by atoms with Crippen LogP contribution in [0.1, 0.15) is 20.3 Å². The molecular formula is C6H13NS. The van der Waals surface area contributed by atoms with E-state index in [1.807, 2.05) is 0 Å². The smallest absolute Gasteiger partial charge is 0.0533 e. The van der Waals surface area contributed by atoms with Crippen LogP contribution in [-0.2, 0) is 0 Å². The maximum absolute atomic E-state index is 3.42. The molecule has 1 fully saturated rings. The Hall–Kier alpha value is 0.310. The highest BCUT2D eigenvalue weighted by atomic mass is 32.2. The third kappa shape index (κ3) is 1.39. The molecule has 1 rings (SSSR count). The molecule has 0 saturated carbocycles. The summed E-state index contributed by atoms with van der Waals surface area (Å²) in [6.07, 6.45) is 1.26. The SMILES string of the molecule is CCC1NCC(C)S1. The zero-order chi connectivity index (χ0) is 5.98. The summed E-state index contributed by atoms with van der Waals surface area (Å²) in [6.45, 7) is 5.69.